The summed E-state index contributed by atoms with van der Waals surface area (Å²) in [6.45, 7) is 6.35. The van der Waals surface area contributed by atoms with Crippen LogP contribution in [0.2, 0.25) is 0 Å². The highest BCUT2D eigenvalue weighted by Gasteiger charge is 2.37. The van der Waals surface area contributed by atoms with E-state index in [1.165, 1.54) is 77.4 Å². The molecule has 0 amide bonds. The van der Waals surface area contributed by atoms with Crippen molar-refractivity contribution in [2.75, 3.05) is 19.6 Å². The summed E-state index contributed by atoms with van der Waals surface area (Å²) in [7, 11) is 0. The third-order valence-electron chi connectivity index (χ3n) is 5.62. The molecule has 3 fully saturated rings. The van der Waals surface area contributed by atoms with Gasteiger partial charge in [-0.3, -0.25) is 4.90 Å². The number of hydrogen-bond acceptors (Lipinski definition) is 2. The lowest BCUT2D eigenvalue weighted by Crippen LogP contribution is -2.58. The normalized spacial score (nSPS) is 42.5. The second-order valence-electron chi connectivity index (χ2n) is 7.17. The molecule has 0 spiro atoms. The Hall–Kier alpha value is -0.0800. The molecule has 3 unspecified atom stereocenters. The fraction of sp³-hybridized carbons (Fsp3) is 1.00. The highest BCUT2D eigenvalue weighted by Crippen LogP contribution is 2.36. The smallest absolute Gasteiger partial charge is 0.0280 e. The Morgan fingerprint density at radius 2 is 1.89 bits per heavy atom. The highest BCUT2D eigenvalue weighted by molar-refractivity contribution is 4.95. The van der Waals surface area contributed by atoms with E-state index in [9.17, 15) is 0 Å². The van der Waals surface area contributed by atoms with Gasteiger partial charge in [0.2, 0.25) is 0 Å². The predicted octanol–water partition coefficient (Wildman–Crippen LogP) is 3.17. The predicted molar refractivity (Wildman–Crippen MR) is 76.8 cm³/mol. The molecule has 0 aromatic rings. The maximum atomic E-state index is 3.80. The molecule has 0 aromatic heterocycles. The van der Waals surface area contributed by atoms with Gasteiger partial charge in [-0.1, -0.05) is 19.3 Å². The van der Waals surface area contributed by atoms with Crippen LogP contribution in [0.5, 0.6) is 0 Å². The summed E-state index contributed by atoms with van der Waals surface area (Å²) in [5.41, 5.74) is 0.400. The lowest BCUT2D eigenvalue weighted by molar-refractivity contribution is 0.0333. The van der Waals surface area contributed by atoms with Gasteiger partial charge in [0, 0.05) is 18.1 Å². The van der Waals surface area contributed by atoms with E-state index in [2.05, 4.69) is 17.1 Å². The molecule has 104 valence electrons. The topological polar surface area (TPSA) is 15.3 Å². The molecule has 3 aliphatic rings. The number of fused-ring (bicyclic) bond motifs is 1. The van der Waals surface area contributed by atoms with Crippen molar-refractivity contribution in [2.45, 2.75) is 76.3 Å². The molecule has 2 saturated heterocycles. The maximum Gasteiger partial charge on any atom is 0.0280 e. The summed E-state index contributed by atoms with van der Waals surface area (Å²) in [4.78, 5) is 2.85. The summed E-state index contributed by atoms with van der Waals surface area (Å²) < 4.78 is 0. The molecule has 1 saturated carbocycles. The van der Waals surface area contributed by atoms with E-state index in [4.69, 9.17) is 0 Å². The van der Waals surface area contributed by atoms with Crippen molar-refractivity contribution in [1.29, 1.82) is 0 Å². The van der Waals surface area contributed by atoms with Crippen LogP contribution in [0.4, 0.5) is 0 Å². The Balaban J connectivity index is 1.63. The molecule has 3 rings (SSSR count). The number of rotatable bonds is 2. The van der Waals surface area contributed by atoms with Gasteiger partial charge in [-0.05, 0) is 64.5 Å². The number of piperidine rings is 2. The van der Waals surface area contributed by atoms with Crippen LogP contribution < -0.4 is 5.32 Å². The SMILES string of the molecule is CC1(CN2CCCC3CCCCC32)CCCCN1. The average Bonchev–Trinajstić information content (AvgIpc) is 2.40. The van der Waals surface area contributed by atoms with Gasteiger partial charge >= 0.3 is 0 Å². The van der Waals surface area contributed by atoms with E-state index >= 15 is 0 Å². The Labute approximate surface area is 113 Å². The molecule has 18 heavy (non-hydrogen) atoms. The van der Waals surface area contributed by atoms with Crippen LogP contribution in [0.1, 0.15) is 64.7 Å². The lowest BCUT2D eigenvalue weighted by Gasteiger charge is -2.48. The van der Waals surface area contributed by atoms with E-state index < -0.39 is 0 Å². The first-order valence-electron chi connectivity index (χ1n) is 8.26. The molecule has 2 nitrogen and oxygen atoms in total. The van der Waals surface area contributed by atoms with Crippen LogP contribution in [0.25, 0.3) is 0 Å². The average molecular weight is 250 g/mol. The third kappa shape index (κ3) is 2.75. The zero-order valence-electron chi connectivity index (χ0n) is 12.1. The molecule has 2 heteroatoms. The quantitative estimate of drug-likeness (QED) is 0.810. The van der Waals surface area contributed by atoms with Crippen LogP contribution in [0.15, 0.2) is 0 Å². The Morgan fingerprint density at radius 1 is 1.06 bits per heavy atom. The summed E-state index contributed by atoms with van der Waals surface area (Å²) in [5.74, 6) is 1.03. The number of nitrogens with zero attached hydrogens (tertiary/aromatic N) is 1. The molecule has 0 radical (unpaired) electrons. The van der Waals surface area contributed by atoms with E-state index in [0.717, 1.165) is 12.0 Å². The van der Waals surface area contributed by atoms with Crippen molar-refractivity contribution in [3.05, 3.63) is 0 Å². The van der Waals surface area contributed by atoms with Gasteiger partial charge in [-0.15, -0.1) is 0 Å². The summed E-state index contributed by atoms with van der Waals surface area (Å²) in [6.07, 6.45) is 13.1. The van der Waals surface area contributed by atoms with Gasteiger partial charge in [-0.25, -0.2) is 0 Å². The highest BCUT2D eigenvalue weighted by atomic mass is 15.2. The Kier molecular flexibility index (Phi) is 3.95. The van der Waals surface area contributed by atoms with Gasteiger partial charge in [0.1, 0.15) is 0 Å². The fourth-order valence-corrected chi connectivity index (χ4v) is 4.63. The molecule has 0 aromatic carbocycles. The van der Waals surface area contributed by atoms with Crippen LogP contribution in [-0.4, -0.2) is 36.1 Å². The van der Waals surface area contributed by atoms with Gasteiger partial charge in [0.25, 0.3) is 0 Å². The fourth-order valence-electron chi connectivity index (χ4n) is 4.63. The molecule has 1 N–H and O–H groups in total. The molecule has 2 aliphatic heterocycles. The van der Waals surface area contributed by atoms with Gasteiger partial charge < -0.3 is 5.32 Å². The van der Waals surface area contributed by atoms with E-state index in [-0.39, 0.29) is 0 Å². The molecule has 3 atom stereocenters. The summed E-state index contributed by atoms with van der Waals surface area (Å²) in [6, 6.07) is 0.924. The van der Waals surface area contributed by atoms with E-state index in [1.54, 1.807) is 0 Å². The molecule has 2 heterocycles. The zero-order valence-corrected chi connectivity index (χ0v) is 12.1. The van der Waals surface area contributed by atoms with Crippen molar-refractivity contribution in [3.8, 4) is 0 Å². The van der Waals surface area contributed by atoms with Crippen molar-refractivity contribution in [2.24, 2.45) is 5.92 Å². The molecular weight excluding hydrogens is 220 g/mol. The minimum atomic E-state index is 0.400. The monoisotopic (exact) mass is 250 g/mol. The first kappa shape index (κ1) is 12.9. The first-order chi connectivity index (χ1) is 8.77. The van der Waals surface area contributed by atoms with E-state index in [0.29, 0.717) is 5.54 Å². The first-order valence-corrected chi connectivity index (χ1v) is 8.26. The van der Waals surface area contributed by atoms with Crippen LogP contribution in [0, 0.1) is 5.92 Å². The number of hydrogen-bond donors (Lipinski definition) is 1. The van der Waals surface area contributed by atoms with Crippen molar-refractivity contribution in [3.63, 3.8) is 0 Å². The Morgan fingerprint density at radius 3 is 2.72 bits per heavy atom. The minimum Gasteiger partial charge on any atom is -0.310 e. The van der Waals surface area contributed by atoms with Crippen molar-refractivity contribution < 1.29 is 0 Å². The van der Waals surface area contributed by atoms with Gasteiger partial charge in [-0.2, -0.15) is 0 Å². The maximum absolute atomic E-state index is 3.80. The third-order valence-corrected chi connectivity index (χ3v) is 5.62. The van der Waals surface area contributed by atoms with Crippen LogP contribution >= 0.6 is 0 Å². The van der Waals surface area contributed by atoms with Crippen molar-refractivity contribution >= 4 is 0 Å². The second-order valence-corrected chi connectivity index (χ2v) is 7.17. The number of nitrogens with one attached hydrogen (secondary N) is 1. The van der Waals surface area contributed by atoms with Crippen LogP contribution in [-0.2, 0) is 0 Å². The molecule has 0 bridgehead atoms. The molecule has 1 aliphatic carbocycles. The van der Waals surface area contributed by atoms with Crippen LogP contribution in [0.3, 0.4) is 0 Å². The second kappa shape index (κ2) is 5.50. The largest absolute Gasteiger partial charge is 0.310 e. The zero-order chi connectivity index (χ0) is 12.4. The molecular formula is C16H30N2. The van der Waals surface area contributed by atoms with Gasteiger partial charge in [0.05, 0.1) is 0 Å². The lowest BCUT2D eigenvalue weighted by atomic mass is 9.77. The minimum absolute atomic E-state index is 0.400. The summed E-state index contributed by atoms with van der Waals surface area (Å²) >= 11 is 0. The van der Waals surface area contributed by atoms with Gasteiger partial charge in [0.15, 0.2) is 0 Å². The van der Waals surface area contributed by atoms with E-state index in [1.807, 2.05) is 0 Å². The summed E-state index contributed by atoms with van der Waals surface area (Å²) in [5, 5.41) is 3.80. The number of likely N-dealkylation sites (tertiary alicyclic amines) is 1. The standard InChI is InChI=1S/C16H30N2/c1-16(10-4-5-11-17-16)13-18-12-6-8-14-7-2-3-9-15(14)18/h14-15,17H,2-13H2,1H3. The Bertz CT molecular complexity index is 268. The van der Waals surface area contributed by atoms with Crippen molar-refractivity contribution in [1.82, 2.24) is 10.2 Å².